The Bertz CT molecular complexity index is 206. The molecule has 0 saturated carbocycles. The summed E-state index contributed by atoms with van der Waals surface area (Å²) in [6, 6.07) is 8.06. The minimum atomic E-state index is 1.02. The third-order valence-electron chi connectivity index (χ3n) is 2.24. The average molecular weight is 209 g/mol. The summed E-state index contributed by atoms with van der Waals surface area (Å²) in [5, 5.41) is 3.28. The lowest BCUT2D eigenvalue weighted by Gasteiger charge is -2.08. The van der Waals surface area contributed by atoms with Crippen LogP contribution in [0.4, 0.5) is 0 Å². The molecule has 2 rings (SSSR count). The van der Waals surface area contributed by atoms with Crippen LogP contribution < -0.4 is 5.32 Å². The number of nitrogens with one attached hydrogen (secondary N) is 1. The molecule has 78 valence electrons. The molecule has 1 fully saturated rings. The molecule has 0 unspecified atom stereocenters. The first-order valence-electron chi connectivity index (χ1n) is 5.25. The van der Waals surface area contributed by atoms with Crippen molar-refractivity contribution in [2.45, 2.75) is 31.1 Å². The van der Waals surface area contributed by atoms with Crippen LogP contribution >= 0.6 is 12.6 Å². The molecule has 0 spiro atoms. The smallest absolute Gasteiger partial charge is 0.00401 e. The van der Waals surface area contributed by atoms with E-state index in [0.717, 1.165) is 4.90 Å². The Hall–Kier alpha value is -0.470. The van der Waals surface area contributed by atoms with E-state index < -0.39 is 0 Å². The Balaban J connectivity index is 0.000000146. The van der Waals surface area contributed by atoms with Gasteiger partial charge in [0.15, 0.2) is 0 Å². The van der Waals surface area contributed by atoms with E-state index in [-0.39, 0.29) is 0 Å². The summed E-state index contributed by atoms with van der Waals surface area (Å²) < 4.78 is 0. The van der Waals surface area contributed by atoms with Gasteiger partial charge < -0.3 is 5.32 Å². The van der Waals surface area contributed by atoms with Crippen molar-refractivity contribution in [1.29, 1.82) is 0 Å². The van der Waals surface area contributed by atoms with E-state index in [9.17, 15) is 0 Å². The summed E-state index contributed by atoms with van der Waals surface area (Å²) in [6.07, 6.45) is 4.22. The molecule has 14 heavy (non-hydrogen) atoms. The second-order valence-electron chi connectivity index (χ2n) is 3.65. The van der Waals surface area contributed by atoms with Crippen LogP contribution in [0.25, 0.3) is 0 Å². The standard InChI is InChI=1S/C7H8S.C5H11N/c1-6-2-4-7(8)5-3-6;1-2-4-6-5-3-1/h2-5,8H,1H3;6H,1-5H2. The van der Waals surface area contributed by atoms with Gasteiger partial charge in [-0.1, -0.05) is 24.1 Å². The van der Waals surface area contributed by atoms with Crippen LogP contribution in [0.1, 0.15) is 24.8 Å². The first kappa shape index (κ1) is 11.6. The van der Waals surface area contributed by atoms with E-state index in [1.807, 2.05) is 24.3 Å². The van der Waals surface area contributed by atoms with Crippen molar-refractivity contribution in [3.8, 4) is 0 Å². The monoisotopic (exact) mass is 209 g/mol. The molecule has 0 atom stereocenters. The SMILES string of the molecule is C1CCNCC1.Cc1ccc(S)cc1. The van der Waals surface area contributed by atoms with Crippen molar-refractivity contribution < 1.29 is 0 Å². The van der Waals surface area contributed by atoms with Crippen molar-refractivity contribution in [2.75, 3.05) is 13.1 Å². The maximum absolute atomic E-state index is 4.13. The first-order valence-corrected chi connectivity index (χ1v) is 5.70. The van der Waals surface area contributed by atoms with Gasteiger partial charge in [-0.25, -0.2) is 0 Å². The van der Waals surface area contributed by atoms with Gasteiger partial charge in [-0.15, -0.1) is 12.6 Å². The van der Waals surface area contributed by atoms with Gasteiger partial charge in [0.25, 0.3) is 0 Å². The minimum absolute atomic E-state index is 1.02. The minimum Gasteiger partial charge on any atom is -0.317 e. The quantitative estimate of drug-likeness (QED) is 0.626. The van der Waals surface area contributed by atoms with E-state index in [4.69, 9.17) is 0 Å². The fourth-order valence-corrected chi connectivity index (χ4v) is 1.50. The molecule has 0 bridgehead atoms. The number of rotatable bonds is 0. The largest absolute Gasteiger partial charge is 0.317 e. The Labute approximate surface area is 92.3 Å². The molecular formula is C12H19NS. The van der Waals surface area contributed by atoms with Gasteiger partial charge in [-0.3, -0.25) is 0 Å². The molecule has 1 nitrogen and oxygen atoms in total. The van der Waals surface area contributed by atoms with E-state index in [1.54, 1.807) is 0 Å². The van der Waals surface area contributed by atoms with Crippen molar-refractivity contribution in [1.82, 2.24) is 5.32 Å². The molecule has 0 aromatic heterocycles. The van der Waals surface area contributed by atoms with Crippen LogP contribution in [0, 0.1) is 6.92 Å². The zero-order valence-corrected chi connectivity index (χ0v) is 9.69. The Morgan fingerprint density at radius 2 is 1.57 bits per heavy atom. The molecule has 1 saturated heterocycles. The number of thiol groups is 1. The highest BCUT2D eigenvalue weighted by Crippen LogP contribution is 2.05. The maximum Gasteiger partial charge on any atom is 0.00401 e. The number of benzene rings is 1. The fourth-order valence-electron chi connectivity index (χ4n) is 1.35. The number of hydrogen-bond acceptors (Lipinski definition) is 2. The highest BCUT2D eigenvalue weighted by molar-refractivity contribution is 7.80. The highest BCUT2D eigenvalue weighted by Gasteiger charge is 1.93. The van der Waals surface area contributed by atoms with Gasteiger partial charge >= 0.3 is 0 Å². The molecule has 1 heterocycles. The van der Waals surface area contributed by atoms with Gasteiger partial charge in [0.05, 0.1) is 0 Å². The third-order valence-corrected chi connectivity index (χ3v) is 2.54. The van der Waals surface area contributed by atoms with Crippen LogP contribution in [0.15, 0.2) is 29.2 Å². The molecule has 1 aromatic carbocycles. The van der Waals surface area contributed by atoms with Crippen molar-refractivity contribution in [3.63, 3.8) is 0 Å². The number of hydrogen-bond donors (Lipinski definition) is 2. The van der Waals surface area contributed by atoms with E-state index in [1.165, 1.54) is 37.9 Å². The van der Waals surface area contributed by atoms with Crippen LogP contribution in [-0.4, -0.2) is 13.1 Å². The van der Waals surface area contributed by atoms with Gasteiger partial charge in [0.1, 0.15) is 0 Å². The molecule has 1 aliphatic heterocycles. The normalized spacial score (nSPS) is 15.6. The van der Waals surface area contributed by atoms with Gasteiger partial charge in [-0.2, -0.15) is 0 Å². The third kappa shape index (κ3) is 5.30. The molecular weight excluding hydrogens is 190 g/mol. The lowest BCUT2D eigenvalue weighted by molar-refractivity contribution is 0.520. The van der Waals surface area contributed by atoms with Crippen molar-refractivity contribution >= 4 is 12.6 Å². The molecule has 1 aromatic rings. The van der Waals surface area contributed by atoms with E-state index in [0.29, 0.717) is 0 Å². The number of piperidine rings is 1. The van der Waals surface area contributed by atoms with Crippen LogP contribution in [0.2, 0.25) is 0 Å². The zero-order valence-electron chi connectivity index (χ0n) is 8.79. The van der Waals surface area contributed by atoms with Crippen LogP contribution in [0.5, 0.6) is 0 Å². The Morgan fingerprint density at radius 1 is 1.00 bits per heavy atom. The van der Waals surface area contributed by atoms with Crippen LogP contribution in [-0.2, 0) is 0 Å². The zero-order chi connectivity index (χ0) is 10.2. The summed E-state index contributed by atoms with van der Waals surface area (Å²) in [6.45, 7) is 4.56. The van der Waals surface area contributed by atoms with Gasteiger partial charge in [0.2, 0.25) is 0 Å². The summed E-state index contributed by atoms with van der Waals surface area (Å²) in [7, 11) is 0. The highest BCUT2D eigenvalue weighted by atomic mass is 32.1. The molecule has 0 radical (unpaired) electrons. The Kier molecular flexibility index (Phi) is 5.72. The van der Waals surface area contributed by atoms with Crippen molar-refractivity contribution in [2.24, 2.45) is 0 Å². The average Bonchev–Trinajstić information content (AvgIpc) is 2.26. The second kappa shape index (κ2) is 6.91. The molecule has 0 amide bonds. The topological polar surface area (TPSA) is 12.0 Å². The Morgan fingerprint density at radius 3 is 1.86 bits per heavy atom. The number of aryl methyl sites for hydroxylation is 1. The van der Waals surface area contributed by atoms with Gasteiger partial charge in [-0.05, 0) is 45.0 Å². The van der Waals surface area contributed by atoms with Crippen molar-refractivity contribution in [3.05, 3.63) is 29.8 Å². The summed E-state index contributed by atoms with van der Waals surface area (Å²) >= 11 is 4.13. The lowest BCUT2D eigenvalue weighted by atomic mass is 10.2. The fraction of sp³-hybridized carbons (Fsp3) is 0.500. The molecule has 1 N–H and O–H groups in total. The molecule has 2 heteroatoms. The molecule has 0 aliphatic carbocycles. The second-order valence-corrected chi connectivity index (χ2v) is 4.16. The van der Waals surface area contributed by atoms with Gasteiger partial charge in [0, 0.05) is 4.90 Å². The van der Waals surface area contributed by atoms with E-state index >= 15 is 0 Å². The summed E-state index contributed by atoms with van der Waals surface area (Å²) in [5.41, 5.74) is 1.28. The summed E-state index contributed by atoms with van der Waals surface area (Å²) in [4.78, 5) is 1.02. The maximum atomic E-state index is 4.13. The van der Waals surface area contributed by atoms with E-state index in [2.05, 4.69) is 24.9 Å². The molecule has 1 aliphatic rings. The van der Waals surface area contributed by atoms with Crippen LogP contribution in [0.3, 0.4) is 0 Å². The predicted octanol–water partition coefficient (Wildman–Crippen LogP) is 3.04. The lowest BCUT2D eigenvalue weighted by Crippen LogP contribution is -2.21. The summed E-state index contributed by atoms with van der Waals surface area (Å²) in [5.74, 6) is 0. The predicted molar refractivity (Wildman–Crippen MR) is 65.2 cm³/mol. The first-order chi connectivity index (χ1) is 6.79.